The molecule has 11 nitrogen and oxygen atoms in total. The van der Waals surface area contributed by atoms with Crippen molar-refractivity contribution in [2.24, 2.45) is 5.92 Å². The van der Waals surface area contributed by atoms with Crippen LogP contribution in [0.15, 0.2) is 40.1 Å². The number of carbonyl (C=O) groups is 1. The summed E-state index contributed by atoms with van der Waals surface area (Å²) in [7, 11) is -2.61. The van der Waals surface area contributed by atoms with Crippen LogP contribution in [0.25, 0.3) is 11.2 Å². The third-order valence-corrected chi connectivity index (χ3v) is 8.47. The Morgan fingerprint density at radius 1 is 1.34 bits per heavy atom. The van der Waals surface area contributed by atoms with Crippen molar-refractivity contribution in [3.63, 3.8) is 0 Å². The maximum Gasteiger partial charge on any atom is 0.459 e. The van der Waals surface area contributed by atoms with E-state index in [1.165, 1.54) is 25.8 Å². The van der Waals surface area contributed by atoms with Gasteiger partial charge in [0.05, 0.1) is 20.0 Å². The molecule has 1 fully saturated rings. The van der Waals surface area contributed by atoms with Crippen molar-refractivity contribution in [2.45, 2.75) is 36.9 Å². The van der Waals surface area contributed by atoms with E-state index in [1.54, 1.807) is 30.6 Å². The van der Waals surface area contributed by atoms with E-state index in [0.717, 1.165) is 27.9 Å². The fraction of sp³-hybridized carbons (Fsp3) is 0.429. The maximum absolute atomic E-state index is 13.5. The lowest BCUT2D eigenvalue weighted by Gasteiger charge is -2.36. The first kappa shape index (κ1) is 25.9. The molecule has 0 radical (unpaired) electrons. The molecule has 0 saturated heterocycles. The summed E-state index contributed by atoms with van der Waals surface area (Å²) in [5, 5.41) is 3.41. The van der Waals surface area contributed by atoms with Gasteiger partial charge in [-0.05, 0) is 56.2 Å². The minimum Gasteiger partial charge on any atom is -0.468 e. The van der Waals surface area contributed by atoms with Gasteiger partial charge >= 0.3 is 13.7 Å². The van der Waals surface area contributed by atoms with Gasteiger partial charge < -0.3 is 19.6 Å². The van der Waals surface area contributed by atoms with E-state index in [4.69, 9.17) is 19.5 Å². The van der Waals surface area contributed by atoms with E-state index >= 15 is 0 Å². The number of imidazole rings is 1. The SMILES string of the molecule is COC(=O)[C@H](C)NP(=O)(OC[C@H]1C[C@@H](n2cnc3c(SC)nc(N)nc32)C1)Oc1ccc(Br)cc1. The Morgan fingerprint density at radius 3 is 2.71 bits per heavy atom. The van der Waals surface area contributed by atoms with Crippen LogP contribution in [0.2, 0.25) is 0 Å². The fourth-order valence-electron chi connectivity index (χ4n) is 3.77. The van der Waals surface area contributed by atoms with Crippen LogP contribution in [-0.4, -0.2) is 51.5 Å². The molecule has 0 amide bonds. The number of benzene rings is 1. The summed E-state index contributed by atoms with van der Waals surface area (Å²) < 4.78 is 32.5. The monoisotopic (exact) mass is 584 g/mol. The Bertz CT molecular complexity index is 1250. The number of rotatable bonds is 10. The smallest absolute Gasteiger partial charge is 0.459 e. The molecule has 35 heavy (non-hydrogen) atoms. The number of aromatic nitrogens is 4. The summed E-state index contributed by atoms with van der Waals surface area (Å²) in [6, 6.07) is 6.10. The second-order valence-electron chi connectivity index (χ2n) is 8.12. The Kier molecular flexibility index (Phi) is 8.02. The average molecular weight is 585 g/mol. The van der Waals surface area contributed by atoms with Crippen LogP contribution >= 0.6 is 35.4 Å². The highest BCUT2D eigenvalue weighted by Crippen LogP contribution is 2.48. The standard InChI is InChI=1S/C21H26BrN6O5PS/c1-12(20(29)31-2)27-34(30,33-16-6-4-14(22)5-7-16)32-10-13-8-15(9-13)28-11-24-17-18(28)25-21(23)26-19(17)35-3/h4-7,11-13,15H,8-10H2,1-3H3,(H,27,30)(H2,23,25,26)/t12-,13-,15+,34?/m0/s1. The van der Waals surface area contributed by atoms with Gasteiger partial charge in [-0.25, -0.2) is 14.5 Å². The molecule has 2 aromatic heterocycles. The first-order valence-corrected chi connectivity index (χ1v) is 14.4. The summed E-state index contributed by atoms with van der Waals surface area (Å²) in [6.45, 7) is 1.72. The fourth-order valence-corrected chi connectivity index (χ4v) is 6.13. The number of esters is 1. The third-order valence-electron chi connectivity index (χ3n) is 5.63. The molecule has 0 spiro atoms. The number of carbonyl (C=O) groups excluding carboxylic acids is 1. The lowest BCUT2D eigenvalue weighted by Crippen LogP contribution is -2.36. The normalized spacial score (nSPS) is 20.1. The zero-order chi connectivity index (χ0) is 25.2. The number of methoxy groups -OCH3 is 1. The number of fused-ring (bicyclic) bond motifs is 1. The van der Waals surface area contributed by atoms with E-state index in [9.17, 15) is 9.36 Å². The summed E-state index contributed by atoms with van der Waals surface area (Å²) in [5.41, 5.74) is 7.29. The minimum absolute atomic E-state index is 0.133. The van der Waals surface area contributed by atoms with Gasteiger partial charge in [0.25, 0.3) is 0 Å². The molecule has 1 aliphatic carbocycles. The molecule has 1 aliphatic rings. The number of hydrogen-bond acceptors (Lipinski definition) is 10. The van der Waals surface area contributed by atoms with Gasteiger partial charge in [-0.2, -0.15) is 10.1 Å². The quantitative estimate of drug-likeness (QED) is 0.153. The molecular formula is C21H26BrN6O5PS. The molecule has 3 N–H and O–H groups in total. The van der Waals surface area contributed by atoms with Crippen LogP contribution in [-0.2, 0) is 18.6 Å². The first-order valence-electron chi connectivity index (χ1n) is 10.8. The van der Waals surface area contributed by atoms with Crippen LogP contribution in [0.1, 0.15) is 25.8 Å². The van der Waals surface area contributed by atoms with E-state index in [1.807, 2.05) is 10.8 Å². The largest absolute Gasteiger partial charge is 0.468 e. The highest BCUT2D eigenvalue weighted by Gasteiger charge is 2.37. The van der Waals surface area contributed by atoms with Crippen LogP contribution < -0.4 is 15.3 Å². The van der Waals surface area contributed by atoms with Crippen molar-refractivity contribution in [1.82, 2.24) is 24.6 Å². The van der Waals surface area contributed by atoms with Crippen molar-refractivity contribution >= 4 is 58.5 Å². The number of hydrogen-bond donors (Lipinski definition) is 2. The molecule has 1 saturated carbocycles. The van der Waals surface area contributed by atoms with Gasteiger partial charge in [-0.3, -0.25) is 9.32 Å². The highest BCUT2D eigenvalue weighted by atomic mass is 79.9. The average Bonchev–Trinajstić information content (AvgIpc) is 3.21. The molecule has 1 unspecified atom stereocenters. The number of nitrogens with two attached hydrogens (primary N) is 1. The zero-order valence-electron chi connectivity index (χ0n) is 19.4. The number of halogens is 1. The van der Waals surface area contributed by atoms with Gasteiger partial charge in [0.15, 0.2) is 5.65 Å². The Morgan fingerprint density at radius 2 is 2.06 bits per heavy atom. The van der Waals surface area contributed by atoms with E-state index < -0.39 is 19.8 Å². The van der Waals surface area contributed by atoms with Crippen LogP contribution in [0, 0.1) is 5.92 Å². The highest BCUT2D eigenvalue weighted by molar-refractivity contribution is 9.10. The van der Waals surface area contributed by atoms with Crippen LogP contribution in [0.5, 0.6) is 5.75 Å². The predicted molar refractivity (Wildman–Crippen MR) is 136 cm³/mol. The number of ether oxygens (including phenoxy) is 1. The van der Waals surface area contributed by atoms with Gasteiger partial charge in [0.2, 0.25) is 5.95 Å². The van der Waals surface area contributed by atoms with Gasteiger partial charge in [0.1, 0.15) is 22.3 Å². The molecule has 1 aromatic carbocycles. The van der Waals surface area contributed by atoms with Crippen LogP contribution in [0.3, 0.4) is 0 Å². The molecule has 2 atom stereocenters. The molecule has 2 heterocycles. The van der Waals surface area contributed by atoms with E-state index in [0.29, 0.717) is 11.4 Å². The van der Waals surface area contributed by atoms with Crippen LogP contribution in [0.4, 0.5) is 5.95 Å². The molecular weight excluding hydrogens is 559 g/mol. The van der Waals surface area contributed by atoms with E-state index in [2.05, 4.69) is 36.0 Å². The van der Waals surface area contributed by atoms with Crippen molar-refractivity contribution < 1.29 is 23.1 Å². The predicted octanol–water partition coefficient (Wildman–Crippen LogP) is 4.20. The minimum atomic E-state index is -3.87. The lowest BCUT2D eigenvalue weighted by molar-refractivity contribution is -0.142. The molecule has 14 heteroatoms. The number of nitrogen functional groups attached to an aromatic ring is 1. The summed E-state index contributed by atoms with van der Waals surface area (Å²) in [6.07, 6.45) is 5.21. The van der Waals surface area contributed by atoms with Gasteiger partial charge in [0, 0.05) is 10.5 Å². The number of nitrogens with one attached hydrogen (secondary N) is 1. The molecule has 0 aliphatic heterocycles. The molecule has 188 valence electrons. The second-order valence-corrected chi connectivity index (χ2v) is 11.5. The zero-order valence-corrected chi connectivity index (χ0v) is 22.7. The Labute approximate surface area is 215 Å². The first-order chi connectivity index (χ1) is 16.7. The number of anilines is 1. The Balaban J connectivity index is 1.42. The Hall–Kier alpha value is -2.18. The van der Waals surface area contributed by atoms with Crippen molar-refractivity contribution in [2.75, 3.05) is 25.7 Å². The van der Waals surface area contributed by atoms with Gasteiger partial charge in [-0.1, -0.05) is 15.9 Å². The van der Waals surface area contributed by atoms with Crippen molar-refractivity contribution in [3.05, 3.63) is 35.1 Å². The second kappa shape index (κ2) is 10.8. The summed E-state index contributed by atoms with van der Waals surface area (Å²) in [5.74, 6) is 0.113. The van der Waals surface area contributed by atoms with E-state index in [-0.39, 0.29) is 24.5 Å². The molecule has 3 aromatic rings. The topological polar surface area (TPSA) is 143 Å². The summed E-state index contributed by atoms with van der Waals surface area (Å²) in [4.78, 5) is 25.0. The van der Waals surface area contributed by atoms with Crippen molar-refractivity contribution in [3.8, 4) is 5.75 Å². The summed E-state index contributed by atoms with van der Waals surface area (Å²) >= 11 is 4.82. The number of nitrogens with zero attached hydrogens (tertiary/aromatic N) is 4. The van der Waals surface area contributed by atoms with Gasteiger partial charge in [-0.15, -0.1) is 11.8 Å². The lowest BCUT2D eigenvalue weighted by atomic mass is 9.81. The third kappa shape index (κ3) is 5.97. The number of thioether (sulfide) groups is 1. The molecule has 4 rings (SSSR count). The molecule has 0 bridgehead atoms. The van der Waals surface area contributed by atoms with Crippen molar-refractivity contribution in [1.29, 1.82) is 0 Å². The maximum atomic E-state index is 13.5.